The van der Waals surface area contributed by atoms with E-state index in [1.165, 1.54) is 11.3 Å². The van der Waals surface area contributed by atoms with Crippen LogP contribution in [0.3, 0.4) is 0 Å². The smallest absolute Gasteiger partial charge is 0.239 e. The van der Waals surface area contributed by atoms with Gasteiger partial charge in [-0.15, -0.1) is 22.9 Å². The highest BCUT2D eigenvalue weighted by atomic mass is 35.5. The van der Waals surface area contributed by atoms with E-state index < -0.39 is 0 Å². The average Bonchev–Trinajstić information content (AvgIpc) is 2.92. The first-order chi connectivity index (χ1) is 11.1. The van der Waals surface area contributed by atoms with Gasteiger partial charge in [0.2, 0.25) is 5.91 Å². The van der Waals surface area contributed by atoms with Gasteiger partial charge >= 0.3 is 0 Å². The minimum atomic E-state index is -0.316. The zero-order valence-electron chi connectivity index (χ0n) is 12.6. The van der Waals surface area contributed by atoms with E-state index in [9.17, 15) is 9.59 Å². The fourth-order valence-electron chi connectivity index (χ4n) is 2.57. The Kier molecular flexibility index (Phi) is 4.80. The van der Waals surface area contributed by atoms with Crippen LogP contribution in [0.4, 0.5) is 5.00 Å². The van der Waals surface area contributed by atoms with Gasteiger partial charge in [0.1, 0.15) is 10.9 Å². The second-order valence-corrected chi connectivity index (χ2v) is 6.76. The predicted octanol–water partition coefficient (Wildman–Crippen LogP) is 3.54. The van der Waals surface area contributed by atoms with E-state index in [0.717, 1.165) is 16.0 Å². The van der Waals surface area contributed by atoms with Crippen LogP contribution in [0.15, 0.2) is 24.3 Å². The molecule has 23 heavy (non-hydrogen) atoms. The Balaban J connectivity index is 2.04. The summed E-state index contributed by atoms with van der Waals surface area (Å²) >= 11 is 6.97. The number of aryl methyl sites for hydroxylation is 1. The van der Waals surface area contributed by atoms with Crippen LogP contribution in [0.1, 0.15) is 31.9 Å². The maximum absolute atomic E-state index is 13.0. The Morgan fingerprint density at radius 2 is 2.04 bits per heavy atom. The summed E-state index contributed by atoms with van der Waals surface area (Å²) in [6, 6.07) is 7.45. The molecule has 0 unspecified atom stereocenters. The minimum absolute atomic E-state index is 0.0747. The van der Waals surface area contributed by atoms with Gasteiger partial charge in [0.15, 0.2) is 5.78 Å². The third-order valence-electron chi connectivity index (χ3n) is 3.74. The third-order valence-corrected chi connectivity index (χ3v) is 5.10. The molecule has 0 aliphatic carbocycles. The molecule has 1 N–H and O–H groups in total. The molecule has 2 aromatic rings. The monoisotopic (exact) mass is 349 g/mol. The molecule has 3 rings (SSSR count). The Morgan fingerprint density at radius 1 is 1.30 bits per heavy atom. The average molecular weight is 350 g/mol. The van der Waals surface area contributed by atoms with Crippen molar-refractivity contribution in [3.05, 3.63) is 51.4 Å². The molecule has 4 nitrogen and oxygen atoms in total. The number of hydrogen-bond acceptors (Lipinski definition) is 4. The van der Waals surface area contributed by atoms with Gasteiger partial charge in [-0.05, 0) is 18.9 Å². The molecule has 0 bridgehead atoms. The van der Waals surface area contributed by atoms with Gasteiger partial charge < -0.3 is 10.1 Å². The normalized spacial score (nSPS) is 13.5. The highest BCUT2D eigenvalue weighted by Gasteiger charge is 2.27. The fraction of sp³-hybridized carbons (Fsp3) is 0.294. The first-order valence-electron chi connectivity index (χ1n) is 7.29. The van der Waals surface area contributed by atoms with Crippen molar-refractivity contribution in [1.29, 1.82) is 0 Å². The molecule has 1 aromatic heterocycles. The second kappa shape index (κ2) is 6.83. The van der Waals surface area contributed by atoms with Crippen LogP contribution in [0, 0.1) is 6.92 Å². The number of rotatable bonds is 4. The summed E-state index contributed by atoms with van der Waals surface area (Å²) in [7, 11) is 0. The Hall–Kier alpha value is -1.69. The second-order valence-electron chi connectivity index (χ2n) is 5.39. The largest absolute Gasteiger partial charge is 0.376 e. The Labute approximate surface area is 143 Å². The molecule has 1 aromatic carbocycles. The third kappa shape index (κ3) is 3.32. The zero-order valence-corrected chi connectivity index (χ0v) is 14.2. The highest BCUT2D eigenvalue weighted by Crippen LogP contribution is 2.37. The summed E-state index contributed by atoms with van der Waals surface area (Å²) in [5, 5.41) is 3.32. The van der Waals surface area contributed by atoms with Crippen molar-refractivity contribution in [3.63, 3.8) is 0 Å². The summed E-state index contributed by atoms with van der Waals surface area (Å²) in [6.07, 6.45) is 0.676. The summed E-state index contributed by atoms with van der Waals surface area (Å²) in [5.41, 5.74) is 3.27. The Morgan fingerprint density at radius 3 is 2.74 bits per heavy atom. The molecular weight excluding hydrogens is 334 g/mol. The van der Waals surface area contributed by atoms with Crippen molar-refractivity contribution in [2.24, 2.45) is 0 Å². The maximum atomic E-state index is 13.0. The van der Waals surface area contributed by atoms with Crippen molar-refractivity contribution < 1.29 is 14.3 Å². The number of benzene rings is 1. The number of amides is 1. The first-order valence-corrected chi connectivity index (χ1v) is 8.64. The number of carbonyl (C=O) groups is 2. The molecule has 0 atom stereocenters. The fourth-order valence-corrected chi connectivity index (χ4v) is 3.84. The molecule has 1 aliphatic heterocycles. The summed E-state index contributed by atoms with van der Waals surface area (Å²) in [5.74, 6) is -0.532. The number of halogens is 1. The van der Waals surface area contributed by atoms with Crippen molar-refractivity contribution in [2.75, 3.05) is 17.8 Å². The molecule has 0 radical (unpaired) electrons. The van der Waals surface area contributed by atoms with Crippen LogP contribution in [0.2, 0.25) is 0 Å². The van der Waals surface area contributed by atoms with E-state index in [1.807, 2.05) is 31.2 Å². The van der Waals surface area contributed by atoms with E-state index >= 15 is 0 Å². The number of hydrogen-bond donors (Lipinski definition) is 1. The summed E-state index contributed by atoms with van der Waals surface area (Å²) in [4.78, 5) is 25.6. The summed E-state index contributed by atoms with van der Waals surface area (Å²) < 4.78 is 5.46. The number of thiophene rings is 1. The minimum Gasteiger partial charge on any atom is -0.376 e. The molecule has 120 valence electrons. The number of nitrogens with one attached hydrogen (secondary N) is 1. The van der Waals surface area contributed by atoms with E-state index in [1.54, 1.807) is 0 Å². The number of carbonyl (C=O) groups excluding carboxylic acids is 2. The predicted molar refractivity (Wildman–Crippen MR) is 91.6 cm³/mol. The molecule has 1 amide bonds. The topological polar surface area (TPSA) is 55.4 Å². The molecule has 1 aliphatic rings. The van der Waals surface area contributed by atoms with E-state index in [-0.39, 0.29) is 17.6 Å². The van der Waals surface area contributed by atoms with E-state index in [4.69, 9.17) is 16.3 Å². The van der Waals surface area contributed by atoms with Gasteiger partial charge in [0.05, 0.1) is 18.8 Å². The van der Waals surface area contributed by atoms with Crippen LogP contribution in [0.25, 0.3) is 0 Å². The number of ether oxygens (including phenoxy) is 1. The van der Waals surface area contributed by atoms with Crippen molar-refractivity contribution >= 4 is 39.6 Å². The van der Waals surface area contributed by atoms with Crippen molar-refractivity contribution in [2.45, 2.75) is 20.0 Å². The molecule has 0 fully saturated rings. The lowest BCUT2D eigenvalue weighted by molar-refractivity contribution is -0.113. The van der Waals surface area contributed by atoms with Crippen LogP contribution < -0.4 is 5.32 Å². The SMILES string of the molecule is Cc1ccc(C(=O)c2c(NC(=O)CCl)sc3c2CCOC3)cc1. The highest BCUT2D eigenvalue weighted by molar-refractivity contribution is 7.17. The van der Waals surface area contributed by atoms with E-state index in [2.05, 4.69) is 5.32 Å². The number of ketones is 1. The van der Waals surface area contributed by atoms with Crippen LogP contribution >= 0.6 is 22.9 Å². The zero-order chi connectivity index (χ0) is 16.4. The van der Waals surface area contributed by atoms with Crippen molar-refractivity contribution in [1.82, 2.24) is 0 Å². The number of anilines is 1. The summed E-state index contributed by atoms with van der Waals surface area (Å²) in [6.45, 7) is 3.04. The molecule has 0 saturated heterocycles. The van der Waals surface area contributed by atoms with Gasteiger partial charge in [0.25, 0.3) is 0 Å². The van der Waals surface area contributed by atoms with Crippen LogP contribution in [-0.2, 0) is 22.6 Å². The molecule has 0 saturated carbocycles. The molecule has 0 spiro atoms. The lowest BCUT2D eigenvalue weighted by Gasteiger charge is -2.13. The van der Waals surface area contributed by atoms with E-state index in [0.29, 0.717) is 35.8 Å². The lowest BCUT2D eigenvalue weighted by atomic mass is 9.97. The van der Waals surface area contributed by atoms with Crippen LogP contribution in [0.5, 0.6) is 0 Å². The Bertz CT molecular complexity index is 752. The molecule has 6 heteroatoms. The maximum Gasteiger partial charge on any atom is 0.239 e. The van der Waals surface area contributed by atoms with Gasteiger partial charge in [-0.25, -0.2) is 0 Å². The first kappa shape index (κ1) is 16.2. The number of alkyl halides is 1. The van der Waals surface area contributed by atoms with Crippen molar-refractivity contribution in [3.8, 4) is 0 Å². The van der Waals surface area contributed by atoms with Gasteiger partial charge in [0, 0.05) is 10.4 Å². The standard InChI is InChI=1S/C17H16ClNO3S/c1-10-2-4-11(5-3-10)16(21)15-12-6-7-22-9-13(12)23-17(15)19-14(20)8-18/h2-5H,6-9H2,1H3,(H,19,20). The van der Waals surface area contributed by atoms with Gasteiger partial charge in [-0.1, -0.05) is 29.8 Å². The van der Waals surface area contributed by atoms with Gasteiger partial charge in [-0.2, -0.15) is 0 Å². The molecule has 2 heterocycles. The van der Waals surface area contributed by atoms with Gasteiger partial charge in [-0.3, -0.25) is 9.59 Å². The lowest BCUT2D eigenvalue weighted by Crippen LogP contribution is -2.16. The quantitative estimate of drug-likeness (QED) is 0.678. The van der Waals surface area contributed by atoms with Crippen LogP contribution in [-0.4, -0.2) is 24.2 Å². The number of fused-ring (bicyclic) bond motifs is 1. The molecular formula is C17H16ClNO3S.